The summed E-state index contributed by atoms with van der Waals surface area (Å²) in [6.45, 7) is 1.76. The number of hydrogen-bond acceptors (Lipinski definition) is 3. The van der Waals surface area contributed by atoms with Crippen molar-refractivity contribution in [2.45, 2.75) is 19.5 Å². The van der Waals surface area contributed by atoms with E-state index in [4.69, 9.17) is 11.6 Å². The number of rotatable bonds is 4. The summed E-state index contributed by atoms with van der Waals surface area (Å²) in [7, 11) is 0. The second-order valence-electron chi connectivity index (χ2n) is 5.51. The Morgan fingerprint density at radius 1 is 1.21 bits per heavy atom. The molecular weight excluding hydrogens is 326 g/mol. The molecule has 0 aliphatic carbocycles. The van der Waals surface area contributed by atoms with E-state index in [0.717, 1.165) is 5.56 Å². The second kappa shape index (κ2) is 6.84. The summed E-state index contributed by atoms with van der Waals surface area (Å²) in [5.41, 5.74) is 1.21. The summed E-state index contributed by atoms with van der Waals surface area (Å²) >= 11 is 6.14. The molecular formula is C18H16ClN3O2. The Hall–Kier alpha value is -2.66. The minimum Gasteiger partial charge on any atom is -0.348 e. The van der Waals surface area contributed by atoms with Crippen LogP contribution in [-0.4, -0.2) is 15.5 Å². The highest BCUT2D eigenvalue weighted by Crippen LogP contribution is 2.21. The zero-order valence-corrected chi connectivity index (χ0v) is 13.8. The van der Waals surface area contributed by atoms with Gasteiger partial charge in [0.25, 0.3) is 5.56 Å². The van der Waals surface area contributed by atoms with Crippen molar-refractivity contribution in [3.8, 4) is 0 Å². The van der Waals surface area contributed by atoms with Crippen molar-refractivity contribution in [1.82, 2.24) is 14.9 Å². The molecule has 3 aromatic rings. The molecule has 2 aromatic carbocycles. The standard InChI is InChI=1S/C18H16ClN3O2/c1-12(13-6-2-4-8-15(13)19)21-17(23)10-22-11-20-16-9-5-3-7-14(16)18(22)24/h2-9,11-12H,10H2,1H3,(H,21,23). The number of benzene rings is 2. The highest BCUT2D eigenvalue weighted by molar-refractivity contribution is 6.31. The number of fused-ring (bicyclic) bond motifs is 1. The van der Waals surface area contributed by atoms with Gasteiger partial charge in [-0.25, -0.2) is 4.98 Å². The average Bonchev–Trinajstić information content (AvgIpc) is 2.58. The first-order valence-corrected chi connectivity index (χ1v) is 7.92. The Bertz CT molecular complexity index is 952. The maximum Gasteiger partial charge on any atom is 0.261 e. The van der Waals surface area contributed by atoms with E-state index in [9.17, 15) is 9.59 Å². The third kappa shape index (κ3) is 3.31. The number of nitrogens with zero attached hydrogens (tertiary/aromatic N) is 2. The molecule has 1 N–H and O–H groups in total. The summed E-state index contributed by atoms with van der Waals surface area (Å²) < 4.78 is 1.30. The van der Waals surface area contributed by atoms with Gasteiger partial charge in [-0.05, 0) is 30.7 Å². The molecule has 0 radical (unpaired) electrons. The first kappa shape index (κ1) is 16.2. The average molecular weight is 342 g/mol. The quantitative estimate of drug-likeness (QED) is 0.793. The molecule has 5 nitrogen and oxygen atoms in total. The van der Waals surface area contributed by atoms with Gasteiger partial charge < -0.3 is 5.32 Å². The van der Waals surface area contributed by atoms with Crippen LogP contribution in [0.25, 0.3) is 10.9 Å². The molecule has 6 heteroatoms. The molecule has 3 rings (SSSR count). The molecule has 0 fully saturated rings. The minimum absolute atomic E-state index is 0.0918. The van der Waals surface area contributed by atoms with Crippen LogP contribution in [0.4, 0.5) is 0 Å². The van der Waals surface area contributed by atoms with Gasteiger partial charge in [0.2, 0.25) is 5.91 Å². The molecule has 0 saturated carbocycles. The van der Waals surface area contributed by atoms with E-state index >= 15 is 0 Å². The van der Waals surface area contributed by atoms with Crippen LogP contribution in [0.5, 0.6) is 0 Å². The maximum atomic E-state index is 12.4. The van der Waals surface area contributed by atoms with Crippen molar-refractivity contribution in [3.05, 3.63) is 75.8 Å². The van der Waals surface area contributed by atoms with Crippen LogP contribution in [0, 0.1) is 0 Å². The summed E-state index contributed by atoms with van der Waals surface area (Å²) in [4.78, 5) is 28.9. The van der Waals surface area contributed by atoms with Crippen LogP contribution in [0.1, 0.15) is 18.5 Å². The number of carbonyl (C=O) groups is 1. The lowest BCUT2D eigenvalue weighted by atomic mass is 10.1. The van der Waals surface area contributed by atoms with Crippen molar-refractivity contribution in [2.75, 3.05) is 0 Å². The Labute approximate surface area is 143 Å². The fourth-order valence-corrected chi connectivity index (χ4v) is 2.86. The molecule has 1 heterocycles. The molecule has 0 saturated heterocycles. The number of halogens is 1. The van der Waals surface area contributed by atoms with Gasteiger partial charge in [0.15, 0.2) is 0 Å². The zero-order valence-electron chi connectivity index (χ0n) is 13.1. The Kier molecular flexibility index (Phi) is 4.62. The summed E-state index contributed by atoms with van der Waals surface area (Å²) in [6, 6.07) is 14.1. The predicted molar refractivity (Wildman–Crippen MR) is 94.0 cm³/mol. The largest absolute Gasteiger partial charge is 0.348 e. The van der Waals surface area contributed by atoms with Crippen LogP contribution in [0.2, 0.25) is 5.02 Å². The normalized spacial score (nSPS) is 12.1. The summed E-state index contributed by atoms with van der Waals surface area (Å²) in [5.74, 6) is -0.276. The molecule has 1 atom stereocenters. The van der Waals surface area contributed by atoms with Crippen molar-refractivity contribution < 1.29 is 4.79 Å². The fourth-order valence-electron chi connectivity index (χ4n) is 2.56. The van der Waals surface area contributed by atoms with Crippen LogP contribution < -0.4 is 10.9 Å². The first-order valence-electron chi connectivity index (χ1n) is 7.54. The van der Waals surface area contributed by atoms with Gasteiger partial charge in [0.05, 0.1) is 23.3 Å². The summed E-state index contributed by atoms with van der Waals surface area (Å²) in [6.07, 6.45) is 1.39. The highest BCUT2D eigenvalue weighted by atomic mass is 35.5. The van der Waals surface area contributed by atoms with E-state index in [0.29, 0.717) is 15.9 Å². The van der Waals surface area contributed by atoms with Crippen molar-refractivity contribution in [2.24, 2.45) is 0 Å². The number of hydrogen-bond donors (Lipinski definition) is 1. The van der Waals surface area contributed by atoms with E-state index in [2.05, 4.69) is 10.3 Å². The van der Waals surface area contributed by atoms with Crippen LogP contribution in [0.3, 0.4) is 0 Å². The smallest absolute Gasteiger partial charge is 0.261 e. The molecule has 0 spiro atoms. The van der Waals surface area contributed by atoms with Gasteiger partial charge in [-0.2, -0.15) is 0 Å². The number of para-hydroxylation sites is 1. The molecule has 0 aliphatic heterocycles. The summed E-state index contributed by atoms with van der Waals surface area (Å²) in [5, 5.41) is 3.93. The Balaban J connectivity index is 1.77. The lowest BCUT2D eigenvalue weighted by Gasteiger charge is -2.16. The van der Waals surface area contributed by atoms with Gasteiger partial charge in [0.1, 0.15) is 6.54 Å². The third-order valence-electron chi connectivity index (χ3n) is 3.79. The van der Waals surface area contributed by atoms with Crippen LogP contribution >= 0.6 is 11.6 Å². The molecule has 0 aliphatic rings. The SMILES string of the molecule is CC(NC(=O)Cn1cnc2ccccc2c1=O)c1ccccc1Cl. The maximum absolute atomic E-state index is 12.4. The lowest BCUT2D eigenvalue weighted by molar-refractivity contribution is -0.122. The zero-order chi connectivity index (χ0) is 17.1. The Morgan fingerprint density at radius 3 is 2.71 bits per heavy atom. The molecule has 122 valence electrons. The van der Waals surface area contributed by atoms with E-state index in [-0.39, 0.29) is 24.1 Å². The van der Waals surface area contributed by atoms with E-state index < -0.39 is 0 Å². The van der Waals surface area contributed by atoms with Gasteiger partial charge in [0, 0.05) is 5.02 Å². The van der Waals surface area contributed by atoms with Crippen molar-refractivity contribution in [3.63, 3.8) is 0 Å². The number of nitrogens with one attached hydrogen (secondary N) is 1. The molecule has 24 heavy (non-hydrogen) atoms. The topological polar surface area (TPSA) is 64.0 Å². The van der Waals surface area contributed by atoms with Gasteiger partial charge in [-0.15, -0.1) is 0 Å². The lowest BCUT2D eigenvalue weighted by Crippen LogP contribution is -2.34. The molecule has 1 unspecified atom stereocenters. The number of aromatic nitrogens is 2. The number of amides is 1. The molecule has 1 aromatic heterocycles. The second-order valence-corrected chi connectivity index (χ2v) is 5.91. The van der Waals surface area contributed by atoms with E-state index in [1.807, 2.05) is 31.2 Å². The van der Waals surface area contributed by atoms with E-state index in [1.54, 1.807) is 24.3 Å². The van der Waals surface area contributed by atoms with E-state index in [1.165, 1.54) is 10.9 Å². The third-order valence-corrected chi connectivity index (χ3v) is 4.14. The van der Waals surface area contributed by atoms with Crippen molar-refractivity contribution >= 4 is 28.4 Å². The predicted octanol–water partition coefficient (Wildman–Crippen LogP) is 2.93. The van der Waals surface area contributed by atoms with Gasteiger partial charge in [-0.1, -0.05) is 41.9 Å². The minimum atomic E-state index is -0.276. The van der Waals surface area contributed by atoms with Crippen LogP contribution in [0.15, 0.2) is 59.7 Å². The number of carbonyl (C=O) groups excluding carboxylic acids is 1. The fraction of sp³-hybridized carbons (Fsp3) is 0.167. The molecule has 0 bridgehead atoms. The van der Waals surface area contributed by atoms with Gasteiger partial charge in [-0.3, -0.25) is 14.2 Å². The van der Waals surface area contributed by atoms with Crippen molar-refractivity contribution in [1.29, 1.82) is 0 Å². The monoisotopic (exact) mass is 341 g/mol. The molecule has 1 amide bonds. The van der Waals surface area contributed by atoms with Gasteiger partial charge >= 0.3 is 0 Å². The highest BCUT2D eigenvalue weighted by Gasteiger charge is 2.13. The Morgan fingerprint density at radius 2 is 1.92 bits per heavy atom. The van der Waals surface area contributed by atoms with Crippen LogP contribution in [-0.2, 0) is 11.3 Å². The first-order chi connectivity index (χ1) is 11.6.